The Bertz CT molecular complexity index is 543. The molecule has 2 heterocycles. The molecule has 1 aromatic rings. The van der Waals surface area contributed by atoms with Crippen LogP contribution in [0.15, 0.2) is 24.3 Å². The Morgan fingerprint density at radius 3 is 2.88 bits per heavy atom. The van der Waals surface area contributed by atoms with Crippen LogP contribution in [0.2, 0.25) is 0 Å². The number of nitrogens with zero attached hydrogens (tertiary/aromatic N) is 2. The van der Waals surface area contributed by atoms with E-state index in [4.69, 9.17) is 9.47 Å². The number of hydrogen-bond donors (Lipinski definition) is 0. The van der Waals surface area contributed by atoms with Gasteiger partial charge in [0.05, 0.1) is 12.7 Å². The fourth-order valence-corrected chi connectivity index (χ4v) is 3.47. The van der Waals surface area contributed by atoms with Crippen LogP contribution < -0.4 is 4.90 Å². The highest BCUT2D eigenvalue weighted by molar-refractivity contribution is 5.77. The molecule has 0 aliphatic carbocycles. The van der Waals surface area contributed by atoms with E-state index in [2.05, 4.69) is 36.1 Å². The van der Waals surface area contributed by atoms with Crippen LogP contribution in [0.3, 0.4) is 0 Å². The molecule has 5 heteroatoms. The van der Waals surface area contributed by atoms with Crippen LogP contribution in [0.5, 0.6) is 0 Å². The van der Waals surface area contributed by atoms with E-state index in [9.17, 15) is 4.79 Å². The van der Waals surface area contributed by atoms with E-state index in [-0.39, 0.29) is 18.6 Å². The maximum absolute atomic E-state index is 12.4. The zero-order valence-electron chi connectivity index (χ0n) is 14.6. The minimum absolute atomic E-state index is 0.0969. The standard InChI is InChI=1S/C19H28N2O3/c1-16-6-2-3-8-18(16)20-9-5-10-21(12-11-20)19(22)15-23-14-17-7-4-13-24-17/h2-3,6,8,17H,4-5,7,9-15H2,1H3. The molecule has 2 aliphatic heterocycles. The van der Waals surface area contributed by atoms with Gasteiger partial charge in [0, 0.05) is 38.5 Å². The van der Waals surface area contributed by atoms with E-state index < -0.39 is 0 Å². The molecule has 5 nitrogen and oxygen atoms in total. The topological polar surface area (TPSA) is 42.0 Å². The molecular weight excluding hydrogens is 304 g/mol. The first-order valence-electron chi connectivity index (χ1n) is 9.02. The van der Waals surface area contributed by atoms with Gasteiger partial charge in [0.1, 0.15) is 6.61 Å². The summed E-state index contributed by atoms with van der Waals surface area (Å²) in [6.45, 7) is 7.11. The average molecular weight is 332 g/mol. The summed E-state index contributed by atoms with van der Waals surface area (Å²) in [6.07, 6.45) is 3.32. The summed E-state index contributed by atoms with van der Waals surface area (Å²) in [6, 6.07) is 8.45. The number of carbonyl (C=O) groups excluding carboxylic acids is 1. The van der Waals surface area contributed by atoms with Gasteiger partial charge in [0.2, 0.25) is 5.91 Å². The highest BCUT2D eigenvalue weighted by atomic mass is 16.5. The van der Waals surface area contributed by atoms with Crippen molar-refractivity contribution in [2.75, 3.05) is 50.9 Å². The van der Waals surface area contributed by atoms with Crippen LogP contribution >= 0.6 is 0 Å². The van der Waals surface area contributed by atoms with Crippen molar-refractivity contribution in [2.24, 2.45) is 0 Å². The summed E-state index contributed by atoms with van der Waals surface area (Å²) in [7, 11) is 0. The largest absolute Gasteiger partial charge is 0.376 e. The summed E-state index contributed by atoms with van der Waals surface area (Å²) >= 11 is 0. The monoisotopic (exact) mass is 332 g/mol. The number of aryl methyl sites for hydroxylation is 1. The number of carbonyl (C=O) groups is 1. The fourth-order valence-electron chi connectivity index (χ4n) is 3.47. The third kappa shape index (κ3) is 4.48. The molecule has 0 aromatic heterocycles. The number of rotatable bonds is 5. The van der Waals surface area contributed by atoms with Crippen molar-refractivity contribution in [1.82, 2.24) is 4.90 Å². The van der Waals surface area contributed by atoms with Crippen LogP contribution in [0.25, 0.3) is 0 Å². The summed E-state index contributed by atoms with van der Waals surface area (Å²) in [5.41, 5.74) is 2.57. The highest BCUT2D eigenvalue weighted by Crippen LogP contribution is 2.21. The number of benzene rings is 1. The van der Waals surface area contributed by atoms with Crippen molar-refractivity contribution in [3.05, 3.63) is 29.8 Å². The Balaban J connectivity index is 1.46. The van der Waals surface area contributed by atoms with Gasteiger partial charge in [-0.1, -0.05) is 18.2 Å². The van der Waals surface area contributed by atoms with E-state index in [0.717, 1.165) is 52.0 Å². The van der Waals surface area contributed by atoms with Gasteiger partial charge >= 0.3 is 0 Å². The number of amides is 1. The molecule has 0 radical (unpaired) electrons. The molecule has 0 bridgehead atoms. The highest BCUT2D eigenvalue weighted by Gasteiger charge is 2.21. The maximum Gasteiger partial charge on any atom is 0.248 e. The normalized spacial score (nSPS) is 21.8. The third-order valence-corrected chi connectivity index (χ3v) is 4.86. The molecule has 2 saturated heterocycles. The second-order valence-corrected chi connectivity index (χ2v) is 6.66. The lowest BCUT2D eigenvalue weighted by Gasteiger charge is -2.25. The first-order valence-corrected chi connectivity index (χ1v) is 9.02. The van der Waals surface area contributed by atoms with Gasteiger partial charge < -0.3 is 19.3 Å². The summed E-state index contributed by atoms with van der Waals surface area (Å²) in [4.78, 5) is 16.7. The van der Waals surface area contributed by atoms with E-state index in [1.165, 1.54) is 11.3 Å². The Hall–Kier alpha value is -1.59. The minimum Gasteiger partial charge on any atom is -0.376 e. The predicted molar refractivity (Wildman–Crippen MR) is 94.4 cm³/mol. The maximum atomic E-state index is 12.4. The lowest BCUT2D eigenvalue weighted by Crippen LogP contribution is -2.38. The van der Waals surface area contributed by atoms with Crippen molar-refractivity contribution in [3.63, 3.8) is 0 Å². The summed E-state index contributed by atoms with van der Waals surface area (Å²) in [5, 5.41) is 0. The van der Waals surface area contributed by atoms with Crippen molar-refractivity contribution in [1.29, 1.82) is 0 Å². The van der Waals surface area contributed by atoms with Crippen LogP contribution in [0.4, 0.5) is 5.69 Å². The molecule has 132 valence electrons. The van der Waals surface area contributed by atoms with Crippen molar-refractivity contribution >= 4 is 11.6 Å². The second kappa shape index (κ2) is 8.49. The van der Waals surface area contributed by atoms with Crippen LogP contribution in [-0.4, -0.2) is 62.9 Å². The second-order valence-electron chi connectivity index (χ2n) is 6.66. The van der Waals surface area contributed by atoms with Crippen LogP contribution in [-0.2, 0) is 14.3 Å². The SMILES string of the molecule is Cc1ccccc1N1CCCN(C(=O)COCC2CCCO2)CC1. The van der Waals surface area contributed by atoms with E-state index >= 15 is 0 Å². The van der Waals surface area contributed by atoms with E-state index in [1.54, 1.807) is 0 Å². The van der Waals surface area contributed by atoms with Gasteiger partial charge in [-0.05, 0) is 37.8 Å². The van der Waals surface area contributed by atoms with Crippen LogP contribution in [0.1, 0.15) is 24.8 Å². The predicted octanol–water partition coefficient (Wildman–Crippen LogP) is 2.23. The third-order valence-electron chi connectivity index (χ3n) is 4.86. The Labute approximate surface area is 144 Å². The zero-order chi connectivity index (χ0) is 16.8. The molecule has 1 amide bonds. The molecular formula is C19H28N2O3. The number of ether oxygens (including phenoxy) is 2. The molecule has 2 fully saturated rings. The summed E-state index contributed by atoms with van der Waals surface area (Å²) < 4.78 is 11.1. The van der Waals surface area contributed by atoms with Gasteiger partial charge in [-0.2, -0.15) is 0 Å². The van der Waals surface area contributed by atoms with Gasteiger partial charge in [-0.3, -0.25) is 4.79 Å². The molecule has 1 atom stereocenters. The van der Waals surface area contributed by atoms with Gasteiger partial charge in [0.25, 0.3) is 0 Å². The van der Waals surface area contributed by atoms with Crippen molar-refractivity contribution < 1.29 is 14.3 Å². The number of para-hydroxylation sites is 1. The Morgan fingerprint density at radius 1 is 1.21 bits per heavy atom. The number of hydrogen-bond acceptors (Lipinski definition) is 4. The van der Waals surface area contributed by atoms with E-state index in [0.29, 0.717) is 6.61 Å². The number of anilines is 1. The van der Waals surface area contributed by atoms with Gasteiger partial charge in [0.15, 0.2) is 0 Å². The molecule has 1 aromatic carbocycles. The molecule has 24 heavy (non-hydrogen) atoms. The first kappa shape index (κ1) is 17.2. The Morgan fingerprint density at radius 2 is 2.08 bits per heavy atom. The first-order chi connectivity index (χ1) is 11.7. The minimum atomic E-state index is 0.0969. The van der Waals surface area contributed by atoms with Crippen LogP contribution in [0, 0.1) is 6.92 Å². The smallest absolute Gasteiger partial charge is 0.248 e. The molecule has 0 N–H and O–H groups in total. The molecule has 0 spiro atoms. The summed E-state index contributed by atoms with van der Waals surface area (Å²) in [5.74, 6) is 0.0969. The van der Waals surface area contributed by atoms with E-state index in [1.807, 2.05) is 4.90 Å². The lowest BCUT2D eigenvalue weighted by molar-refractivity contribution is -0.137. The average Bonchev–Trinajstić information content (AvgIpc) is 2.98. The van der Waals surface area contributed by atoms with Crippen molar-refractivity contribution in [3.8, 4) is 0 Å². The van der Waals surface area contributed by atoms with Crippen molar-refractivity contribution in [2.45, 2.75) is 32.3 Å². The van der Waals surface area contributed by atoms with Gasteiger partial charge in [-0.15, -0.1) is 0 Å². The fraction of sp³-hybridized carbons (Fsp3) is 0.632. The molecule has 0 saturated carbocycles. The molecule has 1 unspecified atom stereocenters. The quantitative estimate of drug-likeness (QED) is 0.829. The Kier molecular flexibility index (Phi) is 6.10. The molecule has 2 aliphatic rings. The zero-order valence-corrected chi connectivity index (χ0v) is 14.6. The molecule has 3 rings (SSSR count). The lowest BCUT2D eigenvalue weighted by atomic mass is 10.2. The van der Waals surface area contributed by atoms with Gasteiger partial charge in [-0.25, -0.2) is 0 Å².